The van der Waals surface area contributed by atoms with Gasteiger partial charge in [0.25, 0.3) is 5.91 Å². The van der Waals surface area contributed by atoms with Crippen LogP contribution in [-0.2, 0) is 0 Å². The van der Waals surface area contributed by atoms with Crippen molar-refractivity contribution in [2.24, 2.45) is 0 Å². The SMILES string of the molecule is CC(O)CCN(C)C(=O)c1cnn(-c2ccc(Cl)cc2)c1C(C)C. The van der Waals surface area contributed by atoms with Gasteiger partial charge in [-0.1, -0.05) is 25.4 Å². The zero-order valence-corrected chi connectivity index (χ0v) is 15.3. The van der Waals surface area contributed by atoms with Crippen molar-refractivity contribution in [1.82, 2.24) is 14.7 Å². The van der Waals surface area contributed by atoms with E-state index in [0.717, 1.165) is 11.4 Å². The molecule has 1 aromatic carbocycles. The molecule has 1 atom stereocenters. The summed E-state index contributed by atoms with van der Waals surface area (Å²) < 4.78 is 1.79. The van der Waals surface area contributed by atoms with Crippen molar-refractivity contribution in [3.8, 4) is 5.69 Å². The topological polar surface area (TPSA) is 58.4 Å². The normalized spacial score (nSPS) is 12.5. The number of hydrogen-bond donors (Lipinski definition) is 1. The highest BCUT2D eigenvalue weighted by Crippen LogP contribution is 2.25. The minimum Gasteiger partial charge on any atom is -0.393 e. The number of rotatable bonds is 6. The van der Waals surface area contributed by atoms with Crippen molar-refractivity contribution in [2.45, 2.75) is 39.2 Å². The maximum Gasteiger partial charge on any atom is 0.257 e. The van der Waals surface area contributed by atoms with Crippen LogP contribution < -0.4 is 0 Å². The van der Waals surface area contributed by atoms with Gasteiger partial charge in [-0.05, 0) is 43.5 Å². The molecule has 6 heteroatoms. The molecule has 2 rings (SSSR count). The van der Waals surface area contributed by atoms with Crippen LogP contribution in [0.2, 0.25) is 5.02 Å². The number of hydrogen-bond acceptors (Lipinski definition) is 3. The Labute approximate surface area is 147 Å². The van der Waals surface area contributed by atoms with E-state index in [1.54, 1.807) is 41.9 Å². The number of aliphatic hydroxyl groups excluding tert-OH is 1. The van der Waals surface area contributed by atoms with Gasteiger partial charge in [0.1, 0.15) is 0 Å². The van der Waals surface area contributed by atoms with Crippen molar-refractivity contribution in [3.05, 3.63) is 46.7 Å². The number of benzene rings is 1. The number of aliphatic hydroxyl groups is 1. The summed E-state index contributed by atoms with van der Waals surface area (Å²) in [5.74, 6) is 0.0480. The van der Waals surface area contributed by atoms with Gasteiger partial charge in [0.05, 0.1) is 29.2 Å². The fourth-order valence-electron chi connectivity index (χ4n) is 2.55. The predicted octanol–water partition coefficient (Wildman–Crippen LogP) is 3.49. The lowest BCUT2D eigenvalue weighted by Crippen LogP contribution is -2.30. The van der Waals surface area contributed by atoms with Crippen molar-refractivity contribution in [1.29, 1.82) is 0 Å². The summed E-state index contributed by atoms with van der Waals surface area (Å²) in [5.41, 5.74) is 2.33. The fraction of sp³-hybridized carbons (Fsp3) is 0.444. The second-order valence-electron chi connectivity index (χ2n) is 6.35. The molecule has 1 unspecified atom stereocenters. The molecule has 1 heterocycles. The Morgan fingerprint density at radius 2 is 1.92 bits per heavy atom. The molecule has 0 fully saturated rings. The van der Waals surface area contributed by atoms with E-state index in [2.05, 4.69) is 5.10 Å². The first-order valence-electron chi connectivity index (χ1n) is 8.08. The summed E-state index contributed by atoms with van der Waals surface area (Å²) >= 11 is 5.95. The van der Waals surface area contributed by atoms with Gasteiger partial charge >= 0.3 is 0 Å². The quantitative estimate of drug-likeness (QED) is 0.868. The molecule has 0 aliphatic heterocycles. The minimum atomic E-state index is -0.429. The average Bonchev–Trinajstić information content (AvgIpc) is 2.97. The lowest BCUT2D eigenvalue weighted by atomic mass is 10.0. The summed E-state index contributed by atoms with van der Waals surface area (Å²) in [5, 5.41) is 14.5. The highest BCUT2D eigenvalue weighted by atomic mass is 35.5. The predicted molar refractivity (Wildman–Crippen MR) is 95.9 cm³/mol. The molecule has 0 spiro atoms. The first kappa shape index (κ1) is 18.5. The zero-order valence-electron chi connectivity index (χ0n) is 14.5. The maximum absolute atomic E-state index is 12.8. The highest BCUT2D eigenvalue weighted by Gasteiger charge is 2.23. The lowest BCUT2D eigenvalue weighted by molar-refractivity contribution is 0.0767. The fourth-order valence-corrected chi connectivity index (χ4v) is 2.68. The molecule has 24 heavy (non-hydrogen) atoms. The largest absolute Gasteiger partial charge is 0.393 e. The van der Waals surface area contributed by atoms with E-state index in [-0.39, 0.29) is 11.8 Å². The first-order chi connectivity index (χ1) is 11.3. The van der Waals surface area contributed by atoms with Gasteiger partial charge in [-0.25, -0.2) is 4.68 Å². The average molecular weight is 350 g/mol. The minimum absolute atomic E-state index is 0.0837. The third kappa shape index (κ3) is 4.16. The van der Waals surface area contributed by atoms with Crippen LogP contribution in [0, 0.1) is 0 Å². The molecule has 130 valence electrons. The van der Waals surface area contributed by atoms with Gasteiger partial charge in [0, 0.05) is 18.6 Å². The monoisotopic (exact) mass is 349 g/mol. The van der Waals surface area contributed by atoms with Gasteiger partial charge in [-0.3, -0.25) is 4.79 Å². The molecule has 0 saturated heterocycles. The van der Waals surface area contributed by atoms with Crippen LogP contribution in [0.3, 0.4) is 0 Å². The van der Waals surface area contributed by atoms with Crippen LogP contribution in [0.5, 0.6) is 0 Å². The van der Waals surface area contributed by atoms with E-state index in [1.807, 2.05) is 26.0 Å². The Morgan fingerprint density at radius 1 is 1.29 bits per heavy atom. The van der Waals surface area contributed by atoms with E-state index in [4.69, 9.17) is 11.6 Å². The van der Waals surface area contributed by atoms with E-state index < -0.39 is 6.10 Å². The van der Waals surface area contributed by atoms with Crippen molar-refractivity contribution in [2.75, 3.05) is 13.6 Å². The molecule has 5 nitrogen and oxygen atoms in total. The van der Waals surface area contributed by atoms with Crippen LogP contribution >= 0.6 is 11.6 Å². The Hall–Kier alpha value is -1.85. The number of carbonyl (C=O) groups is 1. The standard InChI is InChI=1S/C18H24ClN3O2/c1-12(2)17-16(18(24)21(4)10-9-13(3)23)11-20-22(17)15-7-5-14(19)6-8-15/h5-8,11-13,23H,9-10H2,1-4H3. The third-order valence-electron chi connectivity index (χ3n) is 3.88. The maximum atomic E-state index is 12.8. The molecule has 1 amide bonds. The molecule has 1 N–H and O–H groups in total. The van der Waals surface area contributed by atoms with Crippen molar-refractivity contribution >= 4 is 17.5 Å². The molecule has 2 aromatic rings. The van der Waals surface area contributed by atoms with Gasteiger partial charge in [-0.2, -0.15) is 5.10 Å². The molecule has 0 aliphatic carbocycles. The van der Waals surface area contributed by atoms with E-state index in [9.17, 15) is 9.90 Å². The molecule has 0 aliphatic rings. The first-order valence-corrected chi connectivity index (χ1v) is 8.46. The van der Waals surface area contributed by atoms with Crippen LogP contribution in [-0.4, -0.2) is 45.4 Å². The molecule has 1 aromatic heterocycles. The number of amides is 1. The van der Waals surface area contributed by atoms with Gasteiger partial charge in [-0.15, -0.1) is 0 Å². The summed E-state index contributed by atoms with van der Waals surface area (Å²) in [6, 6.07) is 7.37. The smallest absolute Gasteiger partial charge is 0.257 e. The van der Waals surface area contributed by atoms with Crippen LogP contribution in [0.15, 0.2) is 30.5 Å². The summed E-state index contributed by atoms with van der Waals surface area (Å²) in [6.45, 7) is 6.29. The second-order valence-corrected chi connectivity index (χ2v) is 6.79. The van der Waals surface area contributed by atoms with Crippen molar-refractivity contribution in [3.63, 3.8) is 0 Å². The summed E-state index contributed by atoms with van der Waals surface area (Å²) in [6.07, 6.45) is 1.73. The molecule has 0 radical (unpaired) electrons. The highest BCUT2D eigenvalue weighted by molar-refractivity contribution is 6.30. The Balaban J connectivity index is 2.34. The van der Waals surface area contributed by atoms with E-state index in [1.165, 1.54) is 0 Å². The Bertz CT molecular complexity index is 693. The number of carbonyl (C=O) groups excluding carboxylic acids is 1. The zero-order chi connectivity index (χ0) is 17.9. The Morgan fingerprint density at radius 3 is 2.46 bits per heavy atom. The molecular formula is C18H24ClN3O2. The van der Waals surface area contributed by atoms with Gasteiger partial charge < -0.3 is 10.0 Å². The van der Waals surface area contributed by atoms with E-state index in [0.29, 0.717) is 23.6 Å². The number of aromatic nitrogens is 2. The molecule has 0 saturated carbocycles. The van der Waals surface area contributed by atoms with Crippen molar-refractivity contribution < 1.29 is 9.90 Å². The van der Waals surface area contributed by atoms with Crippen LogP contribution in [0.1, 0.15) is 49.2 Å². The third-order valence-corrected chi connectivity index (χ3v) is 4.14. The lowest BCUT2D eigenvalue weighted by Gasteiger charge is -2.19. The summed E-state index contributed by atoms with van der Waals surface area (Å²) in [7, 11) is 1.74. The molecular weight excluding hydrogens is 326 g/mol. The Kier molecular flexibility index (Phi) is 6.02. The van der Waals surface area contributed by atoms with E-state index >= 15 is 0 Å². The second kappa shape index (κ2) is 7.81. The van der Waals surface area contributed by atoms with Crippen LogP contribution in [0.4, 0.5) is 0 Å². The number of nitrogens with zero attached hydrogens (tertiary/aromatic N) is 3. The summed E-state index contributed by atoms with van der Waals surface area (Å²) in [4.78, 5) is 14.4. The molecule has 0 bridgehead atoms. The number of halogens is 1. The van der Waals surface area contributed by atoms with Crippen LogP contribution in [0.25, 0.3) is 5.69 Å². The van der Waals surface area contributed by atoms with Gasteiger partial charge in [0.15, 0.2) is 0 Å². The van der Waals surface area contributed by atoms with Gasteiger partial charge in [0.2, 0.25) is 0 Å².